The molecule has 0 unspecified atom stereocenters. The first-order chi connectivity index (χ1) is 13.1. The summed E-state index contributed by atoms with van der Waals surface area (Å²) >= 11 is 3.42. The molecule has 7 heteroatoms. The van der Waals surface area contributed by atoms with Crippen LogP contribution in [0, 0.1) is 20.8 Å². The van der Waals surface area contributed by atoms with Crippen molar-refractivity contribution in [3.63, 3.8) is 0 Å². The molecule has 0 saturated heterocycles. The average molecular weight is 451 g/mol. The minimum Gasteiger partial charge on any atom is -0.322 e. The molecule has 146 valence electrons. The van der Waals surface area contributed by atoms with Crippen LogP contribution in [0.2, 0.25) is 0 Å². The van der Waals surface area contributed by atoms with Crippen molar-refractivity contribution in [2.75, 3.05) is 5.32 Å². The lowest BCUT2D eigenvalue weighted by Gasteiger charge is -2.16. The number of aromatic nitrogens is 1. The number of anilines is 1. The third-order valence-corrected chi connectivity index (χ3v) is 5.41. The van der Waals surface area contributed by atoms with Gasteiger partial charge < -0.3 is 9.88 Å². The number of benzene rings is 2. The van der Waals surface area contributed by atoms with E-state index in [4.69, 9.17) is 0 Å². The molecule has 3 rings (SSSR count). The number of rotatable bonds is 3. The first-order valence-corrected chi connectivity index (χ1v) is 9.32. The van der Waals surface area contributed by atoms with Crippen molar-refractivity contribution in [3.8, 4) is 5.69 Å². The number of amides is 1. The molecule has 0 aliphatic carbocycles. The summed E-state index contributed by atoms with van der Waals surface area (Å²) in [7, 11) is 0. The van der Waals surface area contributed by atoms with Gasteiger partial charge >= 0.3 is 6.18 Å². The standard InChI is InChI=1S/C21H18BrF3N2O/c1-12-8-9-15(11-18(12)22)26-20(28)16-10-13(2)27(14(16)3)19-7-5-4-6-17(19)21(23,24)25/h4-11H,1-3H3,(H,26,28). The van der Waals surface area contributed by atoms with E-state index in [0.717, 1.165) is 16.1 Å². The second-order valence-electron chi connectivity index (χ2n) is 6.55. The molecule has 3 aromatic rings. The summed E-state index contributed by atoms with van der Waals surface area (Å²) in [5.74, 6) is -0.375. The Kier molecular flexibility index (Phi) is 5.39. The van der Waals surface area contributed by atoms with E-state index in [2.05, 4.69) is 21.2 Å². The van der Waals surface area contributed by atoms with E-state index in [1.165, 1.54) is 16.7 Å². The second-order valence-corrected chi connectivity index (χ2v) is 7.41. The number of hydrogen-bond donors (Lipinski definition) is 1. The van der Waals surface area contributed by atoms with Gasteiger partial charge in [0.2, 0.25) is 0 Å². The molecule has 0 bridgehead atoms. The minimum atomic E-state index is -4.49. The van der Waals surface area contributed by atoms with Crippen LogP contribution in [-0.4, -0.2) is 10.5 Å². The number of halogens is 4. The third-order valence-electron chi connectivity index (χ3n) is 4.56. The number of nitrogens with zero attached hydrogens (tertiary/aromatic N) is 1. The maximum atomic E-state index is 13.4. The van der Waals surface area contributed by atoms with Crippen molar-refractivity contribution < 1.29 is 18.0 Å². The topological polar surface area (TPSA) is 34.0 Å². The molecule has 1 heterocycles. The summed E-state index contributed by atoms with van der Waals surface area (Å²) in [6.45, 7) is 5.25. The molecule has 0 aliphatic rings. The van der Waals surface area contributed by atoms with Crippen LogP contribution in [0.25, 0.3) is 5.69 Å². The Balaban J connectivity index is 2.01. The Hall–Kier alpha value is -2.54. The van der Waals surface area contributed by atoms with Gasteiger partial charge in [0.05, 0.1) is 16.8 Å². The van der Waals surface area contributed by atoms with Crippen LogP contribution in [0.15, 0.2) is 53.0 Å². The number of carbonyl (C=O) groups is 1. The predicted molar refractivity (Wildman–Crippen MR) is 107 cm³/mol. The maximum absolute atomic E-state index is 13.4. The highest BCUT2D eigenvalue weighted by Gasteiger charge is 2.34. The summed E-state index contributed by atoms with van der Waals surface area (Å²) in [5.41, 5.74) is 2.20. The number of para-hydroxylation sites is 1. The van der Waals surface area contributed by atoms with Gasteiger partial charge in [-0.3, -0.25) is 4.79 Å². The first kappa shape index (κ1) is 20.2. The van der Waals surface area contributed by atoms with Crippen LogP contribution in [0.3, 0.4) is 0 Å². The van der Waals surface area contributed by atoms with Gasteiger partial charge in [-0.25, -0.2) is 0 Å². The van der Waals surface area contributed by atoms with Crippen LogP contribution in [0.5, 0.6) is 0 Å². The van der Waals surface area contributed by atoms with Gasteiger partial charge in [0.15, 0.2) is 0 Å². The molecule has 0 saturated carbocycles. The average Bonchev–Trinajstić information content (AvgIpc) is 2.92. The van der Waals surface area contributed by atoms with Gasteiger partial charge in [0, 0.05) is 21.5 Å². The van der Waals surface area contributed by atoms with Crippen LogP contribution < -0.4 is 5.32 Å². The molecule has 3 nitrogen and oxygen atoms in total. The van der Waals surface area contributed by atoms with Crippen molar-refractivity contribution in [3.05, 3.63) is 81.1 Å². The van der Waals surface area contributed by atoms with E-state index in [0.29, 0.717) is 22.6 Å². The SMILES string of the molecule is Cc1ccc(NC(=O)c2cc(C)n(-c3ccccc3C(F)(F)F)c2C)cc1Br. The number of aryl methyl sites for hydroxylation is 2. The number of alkyl halides is 3. The van der Waals surface area contributed by atoms with E-state index in [1.54, 1.807) is 38.1 Å². The molecule has 2 aromatic carbocycles. The molecule has 28 heavy (non-hydrogen) atoms. The van der Waals surface area contributed by atoms with E-state index in [-0.39, 0.29) is 11.6 Å². The zero-order valence-corrected chi connectivity index (χ0v) is 17.1. The molecule has 0 radical (unpaired) electrons. The summed E-state index contributed by atoms with van der Waals surface area (Å²) in [6.07, 6.45) is -4.49. The molecule has 0 fully saturated rings. The maximum Gasteiger partial charge on any atom is 0.418 e. The summed E-state index contributed by atoms with van der Waals surface area (Å²) in [6, 6.07) is 12.4. The Morgan fingerprint density at radius 2 is 1.71 bits per heavy atom. The molecule has 1 N–H and O–H groups in total. The van der Waals surface area contributed by atoms with Gasteiger partial charge in [-0.2, -0.15) is 13.2 Å². The van der Waals surface area contributed by atoms with Crippen LogP contribution >= 0.6 is 15.9 Å². The van der Waals surface area contributed by atoms with Crippen LogP contribution in [-0.2, 0) is 6.18 Å². The molecular weight excluding hydrogens is 433 g/mol. The second kappa shape index (κ2) is 7.47. The highest BCUT2D eigenvalue weighted by Crippen LogP contribution is 2.35. The Labute approximate surface area is 169 Å². The number of hydrogen-bond acceptors (Lipinski definition) is 1. The fraction of sp³-hybridized carbons (Fsp3) is 0.190. The summed E-state index contributed by atoms with van der Waals surface area (Å²) < 4.78 is 42.6. The fourth-order valence-electron chi connectivity index (χ4n) is 3.14. The van der Waals surface area contributed by atoms with Gasteiger partial charge in [0.25, 0.3) is 5.91 Å². The fourth-order valence-corrected chi connectivity index (χ4v) is 3.52. The van der Waals surface area contributed by atoms with Crippen LogP contribution in [0.4, 0.5) is 18.9 Å². The van der Waals surface area contributed by atoms with Crippen molar-refractivity contribution in [2.45, 2.75) is 26.9 Å². The summed E-state index contributed by atoms with van der Waals surface area (Å²) in [5, 5.41) is 2.80. The Morgan fingerprint density at radius 1 is 1.04 bits per heavy atom. The molecular formula is C21H18BrF3N2O. The van der Waals surface area contributed by atoms with Crippen molar-refractivity contribution in [1.82, 2.24) is 4.57 Å². The van der Waals surface area contributed by atoms with E-state index in [1.807, 2.05) is 13.0 Å². The lowest BCUT2D eigenvalue weighted by molar-refractivity contribution is -0.137. The Bertz CT molecular complexity index is 1050. The lowest BCUT2D eigenvalue weighted by Crippen LogP contribution is -2.15. The van der Waals surface area contributed by atoms with Gasteiger partial charge in [-0.05, 0) is 56.7 Å². The predicted octanol–water partition coefficient (Wildman–Crippen LogP) is 6.44. The van der Waals surface area contributed by atoms with E-state index >= 15 is 0 Å². The number of nitrogens with one attached hydrogen (secondary N) is 1. The van der Waals surface area contributed by atoms with Crippen molar-refractivity contribution in [1.29, 1.82) is 0 Å². The molecule has 0 aliphatic heterocycles. The lowest BCUT2D eigenvalue weighted by atomic mass is 10.1. The van der Waals surface area contributed by atoms with Gasteiger partial charge in [-0.1, -0.05) is 34.1 Å². The zero-order chi connectivity index (χ0) is 20.6. The third kappa shape index (κ3) is 3.85. The van der Waals surface area contributed by atoms with E-state index in [9.17, 15) is 18.0 Å². The van der Waals surface area contributed by atoms with Crippen molar-refractivity contribution >= 4 is 27.5 Å². The minimum absolute atomic E-state index is 0.00197. The largest absolute Gasteiger partial charge is 0.418 e. The molecule has 0 atom stereocenters. The monoisotopic (exact) mass is 450 g/mol. The van der Waals surface area contributed by atoms with Crippen LogP contribution in [0.1, 0.15) is 32.9 Å². The number of carbonyl (C=O) groups excluding carboxylic acids is 1. The normalized spacial score (nSPS) is 11.5. The molecule has 1 aromatic heterocycles. The van der Waals surface area contributed by atoms with Gasteiger partial charge in [0.1, 0.15) is 0 Å². The highest BCUT2D eigenvalue weighted by atomic mass is 79.9. The Morgan fingerprint density at radius 3 is 2.36 bits per heavy atom. The summed E-state index contributed by atoms with van der Waals surface area (Å²) in [4.78, 5) is 12.7. The smallest absolute Gasteiger partial charge is 0.322 e. The first-order valence-electron chi connectivity index (χ1n) is 8.52. The quantitative estimate of drug-likeness (QED) is 0.489. The van der Waals surface area contributed by atoms with Crippen molar-refractivity contribution in [2.24, 2.45) is 0 Å². The molecule has 1 amide bonds. The van der Waals surface area contributed by atoms with Gasteiger partial charge in [-0.15, -0.1) is 0 Å². The molecule has 0 spiro atoms. The zero-order valence-electron chi connectivity index (χ0n) is 15.5. The highest BCUT2D eigenvalue weighted by molar-refractivity contribution is 9.10. The van der Waals surface area contributed by atoms with E-state index < -0.39 is 11.7 Å².